The molecule has 0 atom stereocenters. The van der Waals surface area contributed by atoms with Gasteiger partial charge in [-0.1, -0.05) is 30.3 Å². The summed E-state index contributed by atoms with van der Waals surface area (Å²) >= 11 is 0. The van der Waals surface area contributed by atoms with Gasteiger partial charge in [0.1, 0.15) is 24.7 Å². The van der Waals surface area contributed by atoms with Crippen molar-refractivity contribution in [2.45, 2.75) is 13.0 Å². The fraction of sp³-hybridized carbons (Fsp3) is 0.333. The van der Waals surface area contributed by atoms with E-state index < -0.39 is 11.9 Å². The van der Waals surface area contributed by atoms with Crippen molar-refractivity contribution in [3.8, 4) is 11.5 Å². The van der Waals surface area contributed by atoms with Crippen molar-refractivity contribution in [1.29, 1.82) is 0 Å². The lowest BCUT2D eigenvalue weighted by Crippen LogP contribution is -2.22. The Labute approximate surface area is 170 Å². The Morgan fingerprint density at radius 3 is 1.97 bits per heavy atom. The molecule has 2 rings (SSSR count). The van der Waals surface area contributed by atoms with Gasteiger partial charge in [-0.3, -0.25) is 0 Å². The first kappa shape index (κ1) is 23.9. The van der Waals surface area contributed by atoms with Crippen LogP contribution in [0.4, 0.5) is 0 Å². The van der Waals surface area contributed by atoms with E-state index in [0.717, 1.165) is 43.2 Å². The van der Waals surface area contributed by atoms with Crippen LogP contribution in [-0.4, -0.2) is 55.6 Å². The third kappa shape index (κ3) is 12.1. The number of carboxylic acids is 2. The largest absolute Gasteiger partial charge is 0.492 e. The van der Waals surface area contributed by atoms with E-state index in [9.17, 15) is 0 Å². The van der Waals surface area contributed by atoms with E-state index in [1.807, 2.05) is 42.5 Å². The van der Waals surface area contributed by atoms with Crippen LogP contribution in [0.2, 0.25) is 0 Å². The maximum absolute atomic E-state index is 9.10. The molecule has 8 nitrogen and oxygen atoms in total. The molecule has 0 bridgehead atoms. The molecule has 158 valence electrons. The van der Waals surface area contributed by atoms with E-state index in [1.54, 1.807) is 7.11 Å². The number of rotatable bonds is 11. The molecular formula is C21H27NO7. The summed E-state index contributed by atoms with van der Waals surface area (Å²) in [4.78, 5) is 18.2. The van der Waals surface area contributed by atoms with Gasteiger partial charge < -0.3 is 29.7 Å². The molecule has 0 saturated carbocycles. The minimum atomic E-state index is -1.82. The molecule has 2 aromatic carbocycles. The number of carboxylic acid groups (broad SMARTS) is 2. The molecule has 0 aliphatic carbocycles. The number of aliphatic carboxylic acids is 2. The van der Waals surface area contributed by atoms with Gasteiger partial charge in [0.05, 0.1) is 0 Å². The number of carbonyl (C=O) groups is 2. The molecule has 0 aromatic heterocycles. The van der Waals surface area contributed by atoms with E-state index in [-0.39, 0.29) is 0 Å². The van der Waals surface area contributed by atoms with Crippen LogP contribution >= 0.6 is 0 Å². The van der Waals surface area contributed by atoms with Gasteiger partial charge >= 0.3 is 11.9 Å². The van der Waals surface area contributed by atoms with Crippen LogP contribution in [0.15, 0.2) is 54.6 Å². The van der Waals surface area contributed by atoms with Crippen LogP contribution in [-0.2, 0) is 20.9 Å². The molecular weight excluding hydrogens is 378 g/mol. The third-order valence-corrected chi connectivity index (χ3v) is 3.50. The lowest BCUT2D eigenvalue weighted by atomic mass is 10.2. The van der Waals surface area contributed by atoms with Crippen molar-refractivity contribution in [1.82, 2.24) is 5.32 Å². The molecule has 0 aliphatic heterocycles. The highest BCUT2D eigenvalue weighted by atomic mass is 16.5. The highest BCUT2D eigenvalue weighted by Gasteiger charge is 2.04. The second kappa shape index (κ2) is 14.9. The van der Waals surface area contributed by atoms with E-state index >= 15 is 0 Å². The zero-order valence-corrected chi connectivity index (χ0v) is 16.4. The smallest absolute Gasteiger partial charge is 0.414 e. The van der Waals surface area contributed by atoms with Crippen LogP contribution in [0.25, 0.3) is 0 Å². The lowest BCUT2D eigenvalue weighted by Gasteiger charge is -2.09. The molecule has 0 heterocycles. The van der Waals surface area contributed by atoms with E-state index in [2.05, 4.69) is 17.4 Å². The standard InChI is InChI=1S/C19H25NO3.C2H2O4/c1-21-14-5-12-20-13-15-22-18-8-10-19(11-9-18)23-16-17-6-3-2-4-7-17;3-1(4)2(5)6/h2-4,6-11,20H,5,12-16H2,1H3;(H,3,4)(H,5,6). The average molecular weight is 405 g/mol. The fourth-order valence-electron chi connectivity index (χ4n) is 2.08. The Balaban J connectivity index is 0.000000612. The lowest BCUT2D eigenvalue weighted by molar-refractivity contribution is -0.159. The summed E-state index contributed by atoms with van der Waals surface area (Å²) in [6.45, 7) is 3.79. The molecule has 0 aliphatic rings. The summed E-state index contributed by atoms with van der Waals surface area (Å²) in [5.74, 6) is -1.94. The number of methoxy groups -OCH3 is 1. The van der Waals surface area contributed by atoms with Gasteiger partial charge in [0.2, 0.25) is 0 Å². The second-order valence-corrected chi connectivity index (χ2v) is 5.80. The summed E-state index contributed by atoms with van der Waals surface area (Å²) in [5.41, 5.74) is 1.16. The summed E-state index contributed by atoms with van der Waals surface area (Å²) in [6, 6.07) is 17.9. The maximum atomic E-state index is 9.10. The molecule has 0 radical (unpaired) electrons. The normalized spacial score (nSPS) is 9.83. The van der Waals surface area contributed by atoms with E-state index in [0.29, 0.717) is 13.2 Å². The fourth-order valence-corrected chi connectivity index (χ4v) is 2.08. The SMILES string of the molecule is COCCCNCCOc1ccc(OCc2ccccc2)cc1.O=C(O)C(=O)O. The third-order valence-electron chi connectivity index (χ3n) is 3.50. The molecule has 29 heavy (non-hydrogen) atoms. The Hall–Kier alpha value is -3.10. The number of benzene rings is 2. The molecule has 0 spiro atoms. The van der Waals surface area contributed by atoms with Crippen LogP contribution in [0, 0.1) is 0 Å². The minimum absolute atomic E-state index is 0.576. The number of hydrogen-bond donors (Lipinski definition) is 3. The van der Waals surface area contributed by atoms with Crippen molar-refractivity contribution >= 4 is 11.9 Å². The minimum Gasteiger partial charge on any atom is -0.492 e. The van der Waals surface area contributed by atoms with Crippen LogP contribution < -0.4 is 14.8 Å². The maximum Gasteiger partial charge on any atom is 0.414 e. The second-order valence-electron chi connectivity index (χ2n) is 5.80. The van der Waals surface area contributed by atoms with Gasteiger partial charge in [-0.25, -0.2) is 9.59 Å². The molecule has 0 saturated heterocycles. The molecule has 0 unspecified atom stereocenters. The summed E-state index contributed by atoms with van der Waals surface area (Å²) in [6.07, 6.45) is 1.02. The van der Waals surface area contributed by atoms with Gasteiger partial charge in [-0.2, -0.15) is 0 Å². The van der Waals surface area contributed by atoms with Gasteiger partial charge in [0.15, 0.2) is 0 Å². The predicted octanol–water partition coefficient (Wildman–Crippen LogP) is 2.43. The van der Waals surface area contributed by atoms with E-state index in [4.69, 9.17) is 34.0 Å². The Kier molecular flexibility index (Phi) is 12.3. The predicted molar refractivity (Wildman–Crippen MR) is 107 cm³/mol. The molecule has 2 aromatic rings. The van der Waals surface area contributed by atoms with Gasteiger partial charge in [0.25, 0.3) is 0 Å². The zero-order chi connectivity index (χ0) is 21.3. The average Bonchev–Trinajstić information content (AvgIpc) is 2.73. The molecule has 3 N–H and O–H groups in total. The zero-order valence-electron chi connectivity index (χ0n) is 16.4. The summed E-state index contributed by atoms with van der Waals surface area (Å²) < 4.78 is 16.4. The molecule has 0 amide bonds. The topological polar surface area (TPSA) is 114 Å². The van der Waals surface area contributed by atoms with Gasteiger partial charge in [0, 0.05) is 20.3 Å². The number of hydrogen-bond acceptors (Lipinski definition) is 6. The highest BCUT2D eigenvalue weighted by Crippen LogP contribution is 2.18. The van der Waals surface area contributed by atoms with Crippen LogP contribution in [0.1, 0.15) is 12.0 Å². The summed E-state index contributed by atoms with van der Waals surface area (Å²) in [5, 5.41) is 18.1. The summed E-state index contributed by atoms with van der Waals surface area (Å²) in [7, 11) is 1.72. The Morgan fingerprint density at radius 1 is 0.828 bits per heavy atom. The quantitative estimate of drug-likeness (QED) is 0.386. The van der Waals surface area contributed by atoms with Crippen LogP contribution in [0.5, 0.6) is 11.5 Å². The molecule has 0 fully saturated rings. The van der Waals surface area contributed by atoms with Gasteiger partial charge in [-0.15, -0.1) is 0 Å². The monoisotopic (exact) mass is 405 g/mol. The van der Waals surface area contributed by atoms with Crippen molar-refractivity contribution < 1.29 is 34.0 Å². The van der Waals surface area contributed by atoms with Crippen LogP contribution in [0.3, 0.4) is 0 Å². The Bertz CT molecular complexity index is 693. The first-order chi connectivity index (χ1) is 14.0. The first-order valence-corrected chi connectivity index (χ1v) is 9.08. The first-order valence-electron chi connectivity index (χ1n) is 9.08. The number of nitrogens with one attached hydrogen (secondary N) is 1. The number of ether oxygens (including phenoxy) is 3. The van der Waals surface area contributed by atoms with Crippen molar-refractivity contribution in [2.24, 2.45) is 0 Å². The van der Waals surface area contributed by atoms with E-state index in [1.165, 1.54) is 0 Å². The van der Waals surface area contributed by atoms with Crippen molar-refractivity contribution in [2.75, 3.05) is 33.4 Å². The molecule has 8 heteroatoms. The Morgan fingerprint density at radius 2 is 1.41 bits per heavy atom. The van der Waals surface area contributed by atoms with Crippen molar-refractivity contribution in [3.63, 3.8) is 0 Å². The van der Waals surface area contributed by atoms with Crippen molar-refractivity contribution in [3.05, 3.63) is 60.2 Å². The highest BCUT2D eigenvalue weighted by molar-refractivity contribution is 6.27. The van der Waals surface area contributed by atoms with Gasteiger partial charge in [-0.05, 0) is 42.8 Å².